The predicted octanol–water partition coefficient (Wildman–Crippen LogP) is 3.56. The van der Waals surface area contributed by atoms with Crippen molar-refractivity contribution in [2.75, 3.05) is 13.1 Å². The number of likely N-dealkylation sites (tertiary alicyclic amines) is 1. The molecule has 3 heterocycles. The normalized spacial score (nSPS) is 16.7. The fraction of sp³-hybridized carbons (Fsp3) is 0.391. The second-order valence-electron chi connectivity index (χ2n) is 7.50. The predicted molar refractivity (Wildman–Crippen MR) is 112 cm³/mol. The van der Waals surface area contributed by atoms with E-state index in [0.29, 0.717) is 13.0 Å². The van der Waals surface area contributed by atoms with E-state index in [-0.39, 0.29) is 11.8 Å². The van der Waals surface area contributed by atoms with Gasteiger partial charge in [0.15, 0.2) is 5.82 Å². The molecule has 29 heavy (non-hydrogen) atoms. The van der Waals surface area contributed by atoms with Crippen LogP contribution in [0.2, 0.25) is 0 Å². The van der Waals surface area contributed by atoms with Gasteiger partial charge in [0, 0.05) is 56.6 Å². The third kappa shape index (κ3) is 4.36. The Morgan fingerprint density at radius 3 is 2.76 bits per heavy atom. The number of nitrogens with zero attached hydrogens (tertiary/aromatic N) is 5. The Balaban J connectivity index is 1.48. The van der Waals surface area contributed by atoms with Gasteiger partial charge < -0.3 is 4.90 Å². The van der Waals surface area contributed by atoms with E-state index in [1.165, 1.54) is 5.56 Å². The second kappa shape index (κ2) is 8.99. The molecule has 1 amide bonds. The molecule has 0 aliphatic carbocycles. The number of aryl methyl sites for hydroxylation is 2. The molecule has 0 N–H and O–H groups in total. The lowest BCUT2D eigenvalue weighted by molar-refractivity contribution is -0.132. The molecular weight excluding hydrogens is 362 g/mol. The number of benzene rings is 1. The number of hydrogen-bond donors (Lipinski definition) is 0. The zero-order valence-corrected chi connectivity index (χ0v) is 16.9. The maximum atomic E-state index is 12.8. The van der Waals surface area contributed by atoms with Crippen LogP contribution in [0.25, 0.3) is 5.82 Å². The van der Waals surface area contributed by atoms with Gasteiger partial charge in [0.05, 0.1) is 5.69 Å². The zero-order chi connectivity index (χ0) is 20.1. The molecule has 3 aromatic rings. The van der Waals surface area contributed by atoms with Crippen LogP contribution in [-0.4, -0.2) is 43.4 Å². The summed E-state index contributed by atoms with van der Waals surface area (Å²) in [4.78, 5) is 28.5. The summed E-state index contributed by atoms with van der Waals surface area (Å²) in [6, 6.07) is 10.2. The fourth-order valence-corrected chi connectivity index (χ4v) is 4.08. The van der Waals surface area contributed by atoms with Gasteiger partial charge in [-0.05, 0) is 24.8 Å². The topological polar surface area (TPSA) is 63.9 Å². The molecule has 1 aromatic carbocycles. The molecule has 0 bridgehead atoms. The first kappa shape index (κ1) is 19.3. The van der Waals surface area contributed by atoms with Crippen molar-refractivity contribution in [3.8, 4) is 5.82 Å². The molecule has 150 valence electrons. The van der Waals surface area contributed by atoms with E-state index in [2.05, 4.69) is 34.0 Å². The number of carbonyl (C=O) groups is 1. The summed E-state index contributed by atoms with van der Waals surface area (Å²) in [5.41, 5.74) is 2.17. The van der Waals surface area contributed by atoms with Gasteiger partial charge >= 0.3 is 0 Å². The molecule has 1 aliphatic heterocycles. The van der Waals surface area contributed by atoms with Crippen LogP contribution in [0.4, 0.5) is 0 Å². The van der Waals surface area contributed by atoms with E-state index in [0.717, 1.165) is 49.6 Å². The average molecular weight is 390 g/mol. The van der Waals surface area contributed by atoms with Crippen molar-refractivity contribution in [3.63, 3.8) is 0 Å². The smallest absolute Gasteiger partial charge is 0.222 e. The summed E-state index contributed by atoms with van der Waals surface area (Å²) in [5.74, 6) is 2.23. The van der Waals surface area contributed by atoms with E-state index in [9.17, 15) is 4.79 Å². The third-order valence-electron chi connectivity index (χ3n) is 5.60. The number of hydrogen-bond acceptors (Lipinski definition) is 4. The number of amides is 1. The largest absolute Gasteiger partial charge is 0.342 e. The molecular formula is C23H27N5O. The fourth-order valence-electron chi connectivity index (χ4n) is 4.08. The number of imidazole rings is 1. The van der Waals surface area contributed by atoms with Gasteiger partial charge in [-0.2, -0.15) is 0 Å². The summed E-state index contributed by atoms with van der Waals surface area (Å²) in [5, 5.41) is 0. The van der Waals surface area contributed by atoms with Crippen LogP contribution in [0.15, 0.2) is 55.1 Å². The van der Waals surface area contributed by atoms with E-state index in [1.807, 2.05) is 33.9 Å². The van der Waals surface area contributed by atoms with Gasteiger partial charge in [0.2, 0.25) is 5.91 Å². The van der Waals surface area contributed by atoms with Crippen LogP contribution in [0, 0.1) is 0 Å². The maximum Gasteiger partial charge on any atom is 0.222 e. The summed E-state index contributed by atoms with van der Waals surface area (Å²) in [7, 11) is 0. The zero-order valence-electron chi connectivity index (χ0n) is 16.9. The third-order valence-corrected chi connectivity index (χ3v) is 5.60. The molecule has 1 fully saturated rings. The molecule has 2 aromatic heterocycles. The molecule has 1 aliphatic rings. The summed E-state index contributed by atoms with van der Waals surface area (Å²) < 4.78 is 2.03. The standard InChI is InChI=1S/C23H27N5O/c1-2-20-24-14-16-28(20)23-22(25-12-13-26-23)19-9-6-15-27(17-19)21(29)11-10-18-7-4-3-5-8-18/h3-5,7-8,12-14,16,19H,2,6,9-11,15,17H2,1H3/t19-/m1/s1. The lowest BCUT2D eigenvalue weighted by Crippen LogP contribution is -2.39. The van der Waals surface area contributed by atoms with Gasteiger partial charge in [-0.15, -0.1) is 0 Å². The highest BCUT2D eigenvalue weighted by Gasteiger charge is 2.28. The number of piperidine rings is 1. The molecule has 6 nitrogen and oxygen atoms in total. The Kier molecular flexibility index (Phi) is 5.98. The summed E-state index contributed by atoms with van der Waals surface area (Å²) in [6.07, 6.45) is 11.4. The summed E-state index contributed by atoms with van der Waals surface area (Å²) in [6.45, 7) is 3.61. The van der Waals surface area contributed by atoms with Crippen LogP contribution >= 0.6 is 0 Å². The van der Waals surface area contributed by atoms with Crippen molar-refractivity contribution in [2.24, 2.45) is 0 Å². The Morgan fingerprint density at radius 2 is 1.93 bits per heavy atom. The second-order valence-corrected chi connectivity index (χ2v) is 7.50. The highest BCUT2D eigenvalue weighted by molar-refractivity contribution is 5.76. The molecule has 0 saturated carbocycles. The molecule has 1 atom stereocenters. The first-order valence-corrected chi connectivity index (χ1v) is 10.4. The molecule has 0 radical (unpaired) electrons. The Labute approximate surface area is 171 Å². The van der Waals surface area contributed by atoms with E-state index in [1.54, 1.807) is 18.6 Å². The number of rotatable bonds is 6. The van der Waals surface area contributed by atoms with Gasteiger partial charge in [-0.3, -0.25) is 14.3 Å². The quantitative estimate of drug-likeness (QED) is 0.647. The molecule has 6 heteroatoms. The van der Waals surface area contributed by atoms with Crippen molar-refractivity contribution in [1.82, 2.24) is 24.4 Å². The number of aromatic nitrogens is 4. The summed E-state index contributed by atoms with van der Waals surface area (Å²) >= 11 is 0. The van der Waals surface area contributed by atoms with Crippen LogP contribution in [0.3, 0.4) is 0 Å². The van der Waals surface area contributed by atoms with Crippen molar-refractivity contribution < 1.29 is 4.79 Å². The minimum atomic E-state index is 0.195. The Bertz CT molecular complexity index is 953. The molecule has 4 rings (SSSR count). The van der Waals surface area contributed by atoms with Crippen LogP contribution in [0.1, 0.15) is 49.2 Å². The highest BCUT2D eigenvalue weighted by Crippen LogP contribution is 2.29. The first-order chi connectivity index (χ1) is 14.3. The van der Waals surface area contributed by atoms with Crippen LogP contribution in [-0.2, 0) is 17.6 Å². The first-order valence-electron chi connectivity index (χ1n) is 10.4. The van der Waals surface area contributed by atoms with E-state index in [4.69, 9.17) is 0 Å². The van der Waals surface area contributed by atoms with Gasteiger partial charge in [0.25, 0.3) is 0 Å². The highest BCUT2D eigenvalue weighted by atomic mass is 16.2. The number of carbonyl (C=O) groups excluding carboxylic acids is 1. The lowest BCUT2D eigenvalue weighted by Gasteiger charge is -2.33. The monoisotopic (exact) mass is 389 g/mol. The van der Waals surface area contributed by atoms with Crippen LogP contribution in [0.5, 0.6) is 0 Å². The van der Waals surface area contributed by atoms with E-state index < -0.39 is 0 Å². The van der Waals surface area contributed by atoms with Crippen molar-refractivity contribution in [2.45, 2.75) is 44.9 Å². The van der Waals surface area contributed by atoms with Gasteiger partial charge in [-0.25, -0.2) is 9.97 Å². The lowest BCUT2D eigenvalue weighted by atomic mass is 9.93. The SMILES string of the molecule is CCc1nccn1-c1nccnc1[C@@H]1CCCN(C(=O)CCc2ccccc2)C1. The average Bonchev–Trinajstić information content (AvgIpc) is 3.27. The maximum absolute atomic E-state index is 12.8. The molecule has 1 saturated heterocycles. The molecule has 0 spiro atoms. The minimum Gasteiger partial charge on any atom is -0.342 e. The van der Waals surface area contributed by atoms with E-state index >= 15 is 0 Å². The molecule has 0 unspecified atom stereocenters. The van der Waals surface area contributed by atoms with Crippen molar-refractivity contribution >= 4 is 5.91 Å². The van der Waals surface area contributed by atoms with Crippen molar-refractivity contribution in [1.29, 1.82) is 0 Å². The van der Waals surface area contributed by atoms with Gasteiger partial charge in [0.1, 0.15) is 5.82 Å². The van der Waals surface area contributed by atoms with Gasteiger partial charge in [-0.1, -0.05) is 37.3 Å². The Morgan fingerprint density at radius 1 is 1.10 bits per heavy atom. The van der Waals surface area contributed by atoms with Crippen molar-refractivity contribution in [3.05, 3.63) is 72.2 Å². The van der Waals surface area contributed by atoms with Crippen LogP contribution < -0.4 is 0 Å². The Hall–Kier alpha value is -3.02. The minimum absolute atomic E-state index is 0.195.